The number of nitrogens with zero attached hydrogens (tertiary/aromatic N) is 1. The topological polar surface area (TPSA) is 108 Å². The van der Waals surface area contributed by atoms with E-state index in [9.17, 15) is 19.5 Å². The SMILES string of the molecule is CC/C=C\C/C=C\C/C=C\C/C=C\C/C=C\C/C=C\C/C=C\C/C=C\CCCCCCCCCCCCCCC(=O)OC(COC(=O)CCCCCCC/C=C\C/C=C\CCCC)COC(OCC[N+](C)(C)C)C(=O)O. The van der Waals surface area contributed by atoms with Crippen LogP contribution in [0.25, 0.3) is 0 Å². The van der Waals surface area contributed by atoms with Gasteiger partial charge < -0.3 is 28.5 Å². The third kappa shape index (κ3) is 57.4. The van der Waals surface area contributed by atoms with Crippen LogP contribution in [0.2, 0.25) is 0 Å². The van der Waals surface area contributed by atoms with Crippen molar-refractivity contribution in [3.8, 4) is 0 Å². The molecule has 0 amide bonds. The van der Waals surface area contributed by atoms with E-state index in [0.717, 1.165) is 122 Å². The maximum atomic E-state index is 12.9. The molecule has 76 heavy (non-hydrogen) atoms. The number of likely N-dealkylation sites (N-methyl/N-ethyl adjacent to an activating group) is 1. The third-order valence-electron chi connectivity index (χ3n) is 12.5. The largest absolute Gasteiger partial charge is 0.477 e. The van der Waals surface area contributed by atoms with E-state index in [-0.39, 0.29) is 38.6 Å². The molecule has 0 fully saturated rings. The van der Waals surface area contributed by atoms with Gasteiger partial charge in [-0.1, -0.05) is 232 Å². The zero-order valence-electron chi connectivity index (χ0n) is 49.1. The summed E-state index contributed by atoms with van der Waals surface area (Å²) < 4.78 is 22.8. The van der Waals surface area contributed by atoms with Crippen LogP contribution in [0.1, 0.15) is 226 Å². The van der Waals surface area contributed by atoms with Gasteiger partial charge in [-0.2, -0.15) is 0 Å². The number of ether oxygens (including phenoxy) is 4. The molecule has 0 saturated carbocycles. The Hall–Kier alpha value is -4.31. The number of quaternary nitrogens is 1. The molecule has 0 aromatic carbocycles. The number of carboxylic acid groups (broad SMARTS) is 1. The predicted molar refractivity (Wildman–Crippen MR) is 322 cm³/mol. The van der Waals surface area contributed by atoms with E-state index in [1.54, 1.807) is 0 Å². The summed E-state index contributed by atoms with van der Waals surface area (Å²) in [6, 6.07) is 0. The van der Waals surface area contributed by atoms with Gasteiger partial charge in [0.2, 0.25) is 0 Å². The number of rotatable bonds is 54. The second kappa shape index (κ2) is 56.9. The fourth-order valence-corrected chi connectivity index (χ4v) is 7.81. The normalized spacial score (nSPS) is 13.6. The molecule has 0 aliphatic heterocycles. The van der Waals surface area contributed by atoms with Gasteiger partial charge in [-0.3, -0.25) is 9.59 Å². The molecule has 1 N–H and O–H groups in total. The number of hydrogen-bond acceptors (Lipinski definition) is 7. The molecule has 0 aromatic rings. The average molecular weight is 1060 g/mol. The quantitative estimate of drug-likeness (QED) is 0.0211. The number of esters is 2. The van der Waals surface area contributed by atoms with Gasteiger partial charge in [0, 0.05) is 12.8 Å². The second-order valence-electron chi connectivity index (χ2n) is 20.9. The lowest BCUT2D eigenvalue weighted by Crippen LogP contribution is -2.40. The van der Waals surface area contributed by atoms with Crippen molar-refractivity contribution in [2.24, 2.45) is 0 Å². The Morgan fingerprint density at radius 2 is 0.750 bits per heavy atom. The van der Waals surface area contributed by atoms with Crippen molar-refractivity contribution in [1.82, 2.24) is 0 Å². The van der Waals surface area contributed by atoms with Crippen LogP contribution < -0.4 is 0 Å². The highest BCUT2D eigenvalue weighted by atomic mass is 16.7. The molecule has 0 aliphatic rings. The van der Waals surface area contributed by atoms with E-state index in [2.05, 4.69) is 135 Å². The van der Waals surface area contributed by atoms with Crippen LogP contribution in [-0.2, 0) is 33.3 Å². The summed E-state index contributed by atoms with van der Waals surface area (Å²) in [6.07, 6.45) is 77.2. The molecular weight excluding hydrogens is 947 g/mol. The molecular formula is C67H112NO8+. The van der Waals surface area contributed by atoms with Crippen molar-refractivity contribution in [3.63, 3.8) is 0 Å². The minimum Gasteiger partial charge on any atom is -0.477 e. The van der Waals surface area contributed by atoms with Crippen LogP contribution in [0.3, 0.4) is 0 Å². The van der Waals surface area contributed by atoms with E-state index in [4.69, 9.17) is 18.9 Å². The maximum Gasteiger partial charge on any atom is 0.361 e. The van der Waals surface area contributed by atoms with Gasteiger partial charge >= 0.3 is 17.9 Å². The van der Waals surface area contributed by atoms with Gasteiger partial charge in [-0.25, -0.2) is 4.79 Å². The number of unbranched alkanes of at least 4 members (excludes halogenated alkanes) is 19. The molecule has 2 unspecified atom stereocenters. The monoisotopic (exact) mass is 1060 g/mol. The van der Waals surface area contributed by atoms with E-state index in [0.29, 0.717) is 17.4 Å². The molecule has 0 bridgehead atoms. The van der Waals surface area contributed by atoms with Crippen LogP contribution in [0.4, 0.5) is 0 Å². The molecule has 0 rings (SSSR count). The summed E-state index contributed by atoms with van der Waals surface area (Å²) >= 11 is 0. The highest BCUT2D eigenvalue weighted by Gasteiger charge is 2.25. The Labute approximate surface area is 466 Å². The molecule has 0 aromatic heterocycles. The average Bonchev–Trinajstić information content (AvgIpc) is 3.39. The van der Waals surface area contributed by atoms with E-state index in [1.165, 1.54) is 70.6 Å². The Kier molecular flexibility index (Phi) is 53.7. The highest BCUT2D eigenvalue weighted by Crippen LogP contribution is 2.15. The first-order valence-corrected chi connectivity index (χ1v) is 30.2. The first-order chi connectivity index (χ1) is 37.1. The van der Waals surface area contributed by atoms with Gasteiger partial charge in [0.15, 0.2) is 6.10 Å². The van der Waals surface area contributed by atoms with Gasteiger partial charge in [0.1, 0.15) is 13.2 Å². The highest BCUT2D eigenvalue weighted by molar-refractivity contribution is 5.71. The van der Waals surface area contributed by atoms with Crippen LogP contribution in [0.5, 0.6) is 0 Å². The Morgan fingerprint density at radius 3 is 1.12 bits per heavy atom. The number of hydrogen-bond donors (Lipinski definition) is 1. The van der Waals surface area contributed by atoms with Gasteiger partial charge in [0.25, 0.3) is 6.29 Å². The van der Waals surface area contributed by atoms with E-state index < -0.39 is 24.3 Å². The molecule has 432 valence electrons. The Morgan fingerprint density at radius 1 is 0.408 bits per heavy atom. The Balaban J connectivity index is 4.15. The summed E-state index contributed by atoms with van der Waals surface area (Å²) in [5.41, 5.74) is 0. The van der Waals surface area contributed by atoms with E-state index >= 15 is 0 Å². The van der Waals surface area contributed by atoms with Crippen molar-refractivity contribution in [3.05, 3.63) is 122 Å². The second-order valence-corrected chi connectivity index (χ2v) is 20.9. The van der Waals surface area contributed by atoms with Gasteiger partial charge in [-0.05, 0) is 103 Å². The Bertz CT molecular complexity index is 1660. The molecule has 9 heteroatoms. The minimum atomic E-state index is -1.52. The number of aliphatic carboxylic acids is 1. The lowest BCUT2D eigenvalue weighted by Gasteiger charge is -2.25. The minimum absolute atomic E-state index is 0.180. The molecule has 9 nitrogen and oxygen atoms in total. The zero-order valence-corrected chi connectivity index (χ0v) is 49.1. The van der Waals surface area contributed by atoms with Crippen LogP contribution in [0, 0.1) is 0 Å². The third-order valence-corrected chi connectivity index (χ3v) is 12.5. The zero-order chi connectivity index (χ0) is 55.5. The van der Waals surface area contributed by atoms with E-state index in [1.807, 2.05) is 21.1 Å². The fourth-order valence-electron chi connectivity index (χ4n) is 7.81. The number of allylic oxidation sites excluding steroid dienone is 20. The smallest absolute Gasteiger partial charge is 0.361 e. The molecule has 0 radical (unpaired) electrons. The summed E-state index contributed by atoms with van der Waals surface area (Å²) in [4.78, 5) is 37.4. The molecule has 0 saturated heterocycles. The van der Waals surface area contributed by atoms with Crippen LogP contribution >= 0.6 is 0 Å². The van der Waals surface area contributed by atoms with Crippen molar-refractivity contribution in [2.75, 3.05) is 47.5 Å². The van der Waals surface area contributed by atoms with Crippen LogP contribution in [-0.4, -0.2) is 87.4 Å². The molecule has 0 heterocycles. The first-order valence-electron chi connectivity index (χ1n) is 30.2. The van der Waals surface area contributed by atoms with Gasteiger partial charge in [-0.15, -0.1) is 0 Å². The molecule has 0 aliphatic carbocycles. The molecule has 0 spiro atoms. The number of carbonyl (C=O) groups is 3. The summed E-state index contributed by atoms with van der Waals surface area (Å²) in [7, 11) is 5.95. The van der Waals surface area contributed by atoms with Crippen molar-refractivity contribution < 1.29 is 42.9 Å². The standard InChI is InChI=1S/C67H111NO8/c1-6-8-10-12-14-16-18-20-22-23-24-25-26-27-28-29-30-31-32-33-34-35-36-37-38-39-40-41-42-43-44-46-48-50-52-54-56-58-65(70)76-63(62-75-67(66(71)72)73-60-59-68(3,4)5)61-74-64(69)57-55-53-51-49-47-45-21-19-17-15-13-11-9-7-2/h8,10,13-16,19-22,24-25,27-28,30-31,33-34,36-37,63,67H,6-7,9,11-12,17-18,23,26,29,32,35,38-62H2,1-5H3/p+1/b10-8-,15-13-,16-14-,21-19-,22-20-,25-24-,28-27-,31-30-,34-33-,37-36-. The number of carboxylic acids is 1. The van der Waals surface area contributed by atoms with Gasteiger partial charge in [0.05, 0.1) is 34.4 Å². The summed E-state index contributed by atoms with van der Waals surface area (Å²) in [5.74, 6) is -2.04. The summed E-state index contributed by atoms with van der Waals surface area (Å²) in [6.45, 7) is 4.69. The van der Waals surface area contributed by atoms with Crippen LogP contribution in [0.15, 0.2) is 122 Å². The van der Waals surface area contributed by atoms with Crippen molar-refractivity contribution in [2.45, 2.75) is 238 Å². The maximum absolute atomic E-state index is 12.9. The predicted octanol–water partition coefficient (Wildman–Crippen LogP) is 18.1. The molecule has 2 atom stereocenters. The lowest BCUT2D eigenvalue weighted by molar-refractivity contribution is -0.870. The fraction of sp³-hybridized carbons (Fsp3) is 0.657. The van der Waals surface area contributed by atoms with Crippen molar-refractivity contribution in [1.29, 1.82) is 0 Å². The van der Waals surface area contributed by atoms with Crippen molar-refractivity contribution >= 4 is 17.9 Å². The lowest BCUT2D eigenvalue weighted by atomic mass is 10.0. The summed E-state index contributed by atoms with van der Waals surface area (Å²) in [5, 5.41) is 9.69. The number of carbonyl (C=O) groups excluding carboxylic acids is 2. The first kappa shape index (κ1) is 71.7.